The minimum Gasteiger partial charge on any atom is -0.232 e. The van der Waals surface area contributed by atoms with E-state index < -0.39 is 0 Å². The van der Waals surface area contributed by atoms with Gasteiger partial charge in [0, 0.05) is 5.56 Å². The summed E-state index contributed by atoms with van der Waals surface area (Å²) in [6, 6.07) is 31.8. The second kappa shape index (κ2) is 7.18. The SMILES string of the molecule is c1ccc(Cn2c[n+](Cc3ccccc3)cc2-c2ccccc2)cc1. The third-order valence-corrected chi connectivity index (χ3v) is 4.36. The van der Waals surface area contributed by atoms with E-state index in [0.717, 1.165) is 13.1 Å². The van der Waals surface area contributed by atoms with Gasteiger partial charge in [-0.15, -0.1) is 0 Å². The molecule has 0 saturated heterocycles. The zero-order chi connectivity index (χ0) is 16.9. The Morgan fingerprint density at radius 2 is 1.20 bits per heavy atom. The third-order valence-electron chi connectivity index (χ3n) is 4.36. The van der Waals surface area contributed by atoms with Gasteiger partial charge in [-0.2, -0.15) is 0 Å². The fourth-order valence-corrected chi connectivity index (χ4v) is 3.14. The maximum absolute atomic E-state index is 2.33. The highest BCUT2D eigenvalue weighted by Gasteiger charge is 2.16. The minimum atomic E-state index is 0.868. The molecular weight excluding hydrogens is 304 g/mol. The molecule has 0 bridgehead atoms. The van der Waals surface area contributed by atoms with Gasteiger partial charge in [-0.05, 0) is 11.1 Å². The van der Waals surface area contributed by atoms with E-state index in [9.17, 15) is 0 Å². The van der Waals surface area contributed by atoms with Crippen molar-refractivity contribution in [2.45, 2.75) is 13.1 Å². The molecule has 0 fully saturated rings. The number of imidazole rings is 1. The van der Waals surface area contributed by atoms with Gasteiger partial charge in [0.15, 0.2) is 5.69 Å². The Hall–Kier alpha value is -3.13. The summed E-state index contributed by atoms with van der Waals surface area (Å²) in [5, 5.41) is 0. The first-order chi connectivity index (χ1) is 12.4. The number of nitrogens with zero attached hydrogens (tertiary/aromatic N) is 2. The summed E-state index contributed by atoms with van der Waals surface area (Å²) in [5.41, 5.74) is 5.09. The first-order valence-electron chi connectivity index (χ1n) is 8.61. The molecule has 4 rings (SSSR count). The van der Waals surface area contributed by atoms with E-state index >= 15 is 0 Å². The van der Waals surface area contributed by atoms with Crippen LogP contribution in [-0.4, -0.2) is 4.57 Å². The van der Waals surface area contributed by atoms with Crippen molar-refractivity contribution in [3.8, 4) is 11.3 Å². The third kappa shape index (κ3) is 3.69. The Morgan fingerprint density at radius 3 is 1.84 bits per heavy atom. The molecule has 0 amide bonds. The zero-order valence-electron chi connectivity index (χ0n) is 14.1. The predicted octanol–water partition coefficient (Wildman–Crippen LogP) is 4.54. The molecule has 1 heterocycles. The molecule has 0 aliphatic rings. The molecule has 0 atom stereocenters. The highest BCUT2D eigenvalue weighted by Crippen LogP contribution is 2.19. The van der Waals surface area contributed by atoms with Gasteiger partial charge in [-0.3, -0.25) is 0 Å². The van der Waals surface area contributed by atoms with Gasteiger partial charge in [0.1, 0.15) is 19.3 Å². The van der Waals surface area contributed by atoms with Crippen molar-refractivity contribution < 1.29 is 4.57 Å². The van der Waals surface area contributed by atoms with Gasteiger partial charge in [-0.1, -0.05) is 91.0 Å². The van der Waals surface area contributed by atoms with Crippen LogP contribution in [0.3, 0.4) is 0 Å². The van der Waals surface area contributed by atoms with Gasteiger partial charge < -0.3 is 0 Å². The van der Waals surface area contributed by atoms with Gasteiger partial charge in [0.05, 0.1) is 0 Å². The molecule has 2 heteroatoms. The quantitative estimate of drug-likeness (QED) is 0.476. The van der Waals surface area contributed by atoms with Crippen molar-refractivity contribution in [3.05, 3.63) is 115 Å². The summed E-state index contributed by atoms with van der Waals surface area (Å²) < 4.78 is 4.59. The van der Waals surface area contributed by atoms with Crippen LogP contribution in [0.15, 0.2) is 104 Å². The molecule has 4 aromatic rings. The summed E-state index contributed by atoms with van der Waals surface area (Å²) in [5.74, 6) is 0. The topological polar surface area (TPSA) is 8.81 Å². The van der Waals surface area contributed by atoms with E-state index in [2.05, 4.69) is 113 Å². The normalized spacial score (nSPS) is 10.7. The van der Waals surface area contributed by atoms with E-state index in [1.807, 2.05) is 0 Å². The van der Waals surface area contributed by atoms with Crippen molar-refractivity contribution in [2.24, 2.45) is 0 Å². The number of benzene rings is 3. The van der Waals surface area contributed by atoms with Crippen LogP contribution >= 0.6 is 0 Å². The average molecular weight is 325 g/mol. The first-order valence-corrected chi connectivity index (χ1v) is 8.61. The lowest BCUT2D eigenvalue weighted by atomic mass is 10.1. The summed E-state index contributed by atoms with van der Waals surface area (Å²) in [4.78, 5) is 0. The monoisotopic (exact) mass is 325 g/mol. The van der Waals surface area contributed by atoms with Crippen molar-refractivity contribution in [1.29, 1.82) is 0 Å². The van der Waals surface area contributed by atoms with Crippen LogP contribution in [0, 0.1) is 0 Å². The molecule has 3 aromatic carbocycles. The van der Waals surface area contributed by atoms with Crippen LogP contribution in [0.1, 0.15) is 11.1 Å². The molecule has 0 unspecified atom stereocenters. The molecule has 0 aliphatic carbocycles. The second-order valence-electron chi connectivity index (χ2n) is 6.27. The van der Waals surface area contributed by atoms with E-state index in [4.69, 9.17) is 0 Å². The Kier molecular flexibility index (Phi) is 4.42. The molecule has 0 N–H and O–H groups in total. The van der Waals surface area contributed by atoms with Gasteiger partial charge in [0.2, 0.25) is 6.33 Å². The molecule has 0 saturated carbocycles. The van der Waals surface area contributed by atoms with Crippen molar-refractivity contribution in [2.75, 3.05) is 0 Å². The van der Waals surface area contributed by atoms with E-state index in [1.165, 1.54) is 22.4 Å². The maximum atomic E-state index is 2.33. The lowest BCUT2D eigenvalue weighted by Gasteiger charge is -2.02. The van der Waals surface area contributed by atoms with Crippen molar-refractivity contribution in [1.82, 2.24) is 4.57 Å². The van der Waals surface area contributed by atoms with E-state index in [0.29, 0.717) is 0 Å². The Balaban J connectivity index is 1.70. The molecule has 0 radical (unpaired) electrons. The van der Waals surface area contributed by atoms with E-state index in [1.54, 1.807) is 0 Å². The first kappa shape index (κ1) is 15.4. The van der Waals surface area contributed by atoms with Crippen LogP contribution in [0.2, 0.25) is 0 Å². The molecule has 25 heavy (non-hydrogen) atoms. The molecule has 122 valence electrons. The smallest absolute Gasteiger partial charge is 0.232 e. The Morgan fingerprint density at radius 1 is 0.640 bits per heavy atom. The van der Waals surface area contributed by atoms with Crippen LogP contribution in [0.4, 0.5) is 0 Å². The van der Waals surface area contributed by atoms with Gasteiger partial charge in [0.25, 0.3) is 0 Å². The van der Waals surface area contributed by atoms with Crippen LogP contribution < -0.4 is 4.57 Å². The molecule has 2 nitrogen and oxygen atoms in total. The Labute approximate surface area is 148 Å². The lowest BCUT2D eigenvalue weighted by Crippen LogP contribution is -2.31. The Bertz CT molecular complexity index is 926. The average Bonchev–Trinajstić information content (AvgIpc) is 3.06. The fraction of sp³-hybridized carbons (Fsp3) is 0.0870. The van der Waals surface area contributed by atoms with Gasteiger partial charge in [-0.25, -0.2) is 9.13 Å². The predicted molar refractivity (Wildman–Crippen MR) is 101 cm³/mol. The number of hydrogen-bond acceptors (Lipinski definition) is 0. The second-order valence-corrected chi connectivity index (χ2v) is 6.27. The molecule has 0 spiro atoms. The molecular formula is C23H21N2+. The maximum Gasteiger partial charge on any atom is 0.244 e. The standard InChI is InChI=1S/C23H21N2/c1-4-10-20(11-5-1)16-24-18-23(22-14-8-3-9-15-22)25(19-24)17-21-12-6-2-7-13-21/h1-15,18-19H,16-17H2/q+1. The van der Waals surface area contributed by atoms with Crippen molar-refractivity contribution >= 4 is 0 Å². The minimum absolute atomic E-state index is 0.868. The van der Waals surface area contributed by atoms with Crippen molar-refractivity contribution in [3.63, 3.8) is 0 Å². The summed E-state index contributed by atoms with van der Waals surface area (Å²) in [6.07, 6.45) is 4.45. The lowest BCUT2D eigenvalue weighted by molar-refractivity contribution is -0.687. The molecule has 0 aliphatic heterocycles. The number of aromatic nitrogens is 2. The van der Waals surface area contributed by atoms with E-state index in [-0.39, 0.29) is 0 Å². The number of rotatable bonds is 5. The highest BCUT2D eigenvalue weighted by molar-refractivity contribution is 5.58. The largest absolute Gasteiger partial charge is 0.244 e. The number of hydrogen-bond donors (Lipinski definition) is 0. The van der Waals surface area contributed by atoms with Crippen LogP contribution in [-0.2, 0) is 13.1 Å². The van der Waals surface area contributed by atoms with Gasteiger partial charge >= 0.3 is 0 Å². The highest BCUT2D eigenvalue weighted by atomic mass is 15.1. The molecule has 1 aromatic heterocycles. The van der Waals surface area contributed by atoms with Crippen LogP contribution in [0.5, 0.6) is 0 Å². The zero-order valence-corrected chi connectivity index (χ0v) is 14.1. The van der Waals surface area contributed by atoms with Crippen LogP contribution in [0.25, 0.3) is 11.3 Å². The summed E-state index contributed by atoms with van der Waals surface area (Å²) >= 11 is 0. The summed E-state index contributed by atoms with van der Waals surface area (Å²) in [7, 11) is 0. The summed E-state index contributed by atoms with van der Waals surface area (Å²) in [6.45, 7) is 1.75. The fourth-order valence-electron chi connectivity index (χ4n) is 3.14.